The number of rotatable bonds is 2. The summed E-state index contributed by atoms with van der Waals surface area (Å²) in [4.78, 5) is 25.3. The Labute approximate surface area is 117 Å². The fraction of sp³-hybridized carbons (Fsp3) is 0.467. The average Bonchev–Trinajstić information content (AvgIpc) is 2.62. The molecule has 0 saturated carbocycles. The zero-order chi connectivity index (χ0) is 14.3. The minimum absolute atomic E-state index is 0.170. The van der Waals surface area contributed by atoms with Crippen LogP contribution in [0.15, 0.2) is 24.3 Å². The third kappa shape index (κ3) is 1.98. The monoisotopic (exact) mass is 274 g/mol. The molecule has 2 aliphatic heterocycles. The standard InChI is InChI=1S/C15H18N2O3/c1-15(2)13(18)16-14(19)17(15)9-12-11-6-4-3-5-10(11)7-8-20-12/h3-6,12H,7-9H2,1-2H3,(H,16,18,19). The highest BCUT2D eigenvalue weighted by Gasteiger charge is 2.46. The summed E-state index contributed by atoms with van der Waals surface area (Å²) in [5.74, 6) is -0.258. The number of benzene rings is 1. The van der Waals surface area contributed by atoms with Crippen molar-refractivity contribution in [3.05, 3.63) is 35.4 Å². The van der Waals surface area contributed by atoms with Crippen molar-refractivity contribution >= 4 is 11.9 Å². The first kappa shape index (κ1) is 13.1. The van der Waals surface area contributed by atoms with Gasteiger partial charge < -0.3 is 9.64 Å². The van der Waals surface area contributed by atoms with Crippen LogP contribution in [0.4, 0.5) is 4.79 Å². The van der Waals surface area contributed by atoms with Gasteiger partial charge in [-0.25, -0.2) is 4.79 Å². The van der Waals surface area contributed by atoms with Gasteiger partial charge in [0.05, 0.1) is 13.2 Å². The molecule has 1 fully saturated rings. The van der Waals surface area contributed by atoms with Crippen LogP contribution in [0, 0.1) is 0 Å². The van der Waals surface area contributed by atoms with Crippen molar-refractivity contribution in [3.8, 4) is 0 Å². The summed E-state index contributed by atoms with van der Waals surface area (Å²) in [5.41, 5.74) is 1.54. The van der Waals surface area contributed by atoms with Gasteiger partial charge in [-0.1, -0.05) is 24.3 Å². The molecule has 2 heterocycles. The number of hydrogen-bond donors (Lipinski definition) is 1. The lowest BCUT2D eigenvalue weighted by molar-refractivity contribution is -0.125. The SMILES string of the molecule is CC1(C)C(=O)NC(=O)N1CC1OCCc2ccccc21. The second-order valence-corrected chi connectivity index (χ2v) is 5.74. The van der Waals surface area contributed by atoms with Gasteiger partial charge in [-0.05, 0) is 31.4 Å². The predicted molar refractivity (Wildman–Crippen MR) is 73.2 cm³/mol. The maximum atomic E-state index is 11.9. The van der Waals surface area contributed by atoms with Crippen molar-refractivity contribution in [2.24, 2.45) is 0 Å². The number of amides is 3. The highest BCUT2D eigenvalue weighted by molar-refractivity contribution is 6.06. The van der Waals surface area contributed by atoms with Crippen LogP contribution in [0.25, 0.3) is 0 Å². The van der Waals surface area contributed by atoms with E-state index < -0.39 is 5.54 Å². The topological polar surface area (TPSA) is 58.6 Å². The molecular formula is C15H18N2O3. The van der Waals surface area contributed by atoms with Crippen molar-refractivity contribution in [1.82, 2.24) is 10.2 Å². The summed E-state index contributed by atoms with van der Waals surface area (Å²) >= 11 is 0. The fourth-order valence-corrected chi connectivity index (χ4v) is 2.80. The lowest BCUT2D eigenvalue weighted by Gasteiger charge is -2.34. The minimum Gasteiger partial charge on any atom is -0.371 e. The van der Waals surface area contributed by atoms with Crippen molar-refractivity contribution in [2.75, 3.05) is 13.2 Å². The summed E-state index contributed by atoms with van der Waals surface area (Å²) in [6.07, 6.45) is 0.720. The van der Waals surface area contributed by atoms with Crippen LogP contribution in [0.2, 0.25) is 0 Å². The first-order valence-corrected chi connectivity index (χ1v) is 6.82. The number of nitrogens with one attached hydrogen (secondary N) is 1. The summed E-state index contributed by atoms with van der Waals surface area (Å²) < 4.78 is 5.81. The van der Waals surface area contributed by atoms with Gasteiger partial charge in [0.15, 0.2) is 0 Å². The number of urea groups is 1. The molecule has 2 aliphatic rings. The number of carbonyl (C=O) groups excluding carboxylic acids is 2. The summed E-state index contributed by atoms with van der Waals surface area (Å²) in [7, 11) is 0. The molecule has 0 bridgehead atoms. The zero-order valence-corrected chi connectivity index (χ0v) is 11.7. The highest BCUT2D eigenvalue weighted by Crippen LogP contribution is 2.31. The predicted octanol–water partition coefficient (Wildman–Crippen LogP) is 1.63. The Balaban J connectivity index is 1.86. The van der Waals surface area contributed by atoms with Crippen LogP contribution in [-0.2, 0) is 16.0 Å². The van der Waals surface area contributed by atoms with Crippen molar-refractivity contribution in [2.45, 2.75) is 31.9 Å². The van der Waals surface area contributed by atoms with Crippen molar-refractivity contribution < 1.29 is 14.3 Å². The zero-order valence-electron chi connectivity index (χ0n) is 11.7. The number of fused-ring (bicyclic) bond motifs is 1. The Hall–Kier alpha value is -1.88. The number of carbonyl (C=O) groups is 2. The van der Waals surface area contributed by atoms with Crippen LogP contribution >= 0.6 is 0 Å². The van der Waals surface area contributed by atoms with Crippen LogP contribution in [0.5, 0.6) is 0 Å². The highest BCUT2D eigenvalue weighted by atomic mass is 16.5. The average molecular weight is 274 g/mol. The van der Waals surface area contributed by atoms with E-state index in [9.17, 15) is 9.59 Å². The van der Waals surface area contributed by atoms with E-state index in [1.807, 2.05) is 18.2 Å². The van der Waals surface area contributed by atoms with Gasteiger partial charge in [-0.15, -0.1) is 0 Å². The fourth-order valence-electron chi connectivity index (χ4n) is 2.80. The van der Waals surface area contributed by atoms with Crippen LogP contribution < -0.4 is 5.32 Å². The molecule has 1 saturated heterocycles. The molecule has 1 unspecified atom stereocenters. The van der Waals surface area contributed by atoms with E-state index in [2.05, 4.69) is 11.4 Å². The van der Waals surface area contributed by atoms with Crippen molar-refractivity contribution in [1.29, 1.82) is 0 Å². The van der Waals surface area contributed by atoms with Gasteiger partial charge in [-0.2, -0.15) is 0 Å². The van der Waals surface area contributed by atoms with Crippen LogP contribution in [-0.4, -0.2) is 35.5 Å². The Kier molecular flexibility index (Phi) is 3.01. The van der Waals surface area contributed by atoms with E-state index in [0.717, 1.165) is 12.0 Å². The lowest BCUT2D eigenvalue weighted by atomic mass is 9.96. The summed E-state index contributed by atoms with van der Waals surface area (Å²) in [5, 5.41) is 2.36. The molecule has 3 rings (SSSR count). The molecule has 0 aromatic heterocycles. The maximum Gasteiger partial charge on any atom is 0.325 e. The molecule has 3 amide bonds. The summed E-state index contributed by atoms with van der Waals surface area (Å²) in [6.45, 7) is 4.54. The van der Waals surface area contributed by atoms with Gasteiger partial charge >= 0.3 is 6.03 Å². The molecule has 5 nitrogen and oxygen atoms in total. The number of hydrogen-bond acceptors (Lipinski definition) is 3. The van der Waals surface area contributed by atoms with Gasteiger partial charge in [-0.3, -0.25) is 10.1 Å². The first-order chi connectivity index (χ1) is 9.50. The third-order valence-corrected chi connectivity index (χ3v) is 4.14. The second kappa shape index (κ2) is 4.59. The minimum atomic E-state index is -0.827. The van der Waals surface area contributed by atoms with E-state index in [-0.39, 0.29) is 18.0 Å². The largest absolute Gasteiger partial charge is 0.371 e. The number of imide groups is 1. The molecule has 0 radical (unpaired) electrons. The molecule has 0 spiro atoms. The lowest BCUT2D eigenvalue weighted by Crippen LogP contribution is -2.46. The Morgan fingerprint density at radius 1 is 1.35 bits per heavy atom. The van der Waals surface area contributed by atoms with E-state index >= 15 is 0 Å². The molecule has 1 N–H and O–H groups in total. The van der Waals surface area contributed by atoms with E-state index in [1.54, 1.807) is 18.7 Å². The second-order valence-electron chi connectivity index (χ2n) is 5.74. The van der Waals surface area contributed by atoms with Crippen LogP contribution in [0.3, 0.4) is 0 Å². The first-order valence-electron chi connectivity index (χ1n) is 6.82. The smallest absolute Gasteiger partial charge is 0.325 e. The molecular weight excluding hydrogens is 256 g/mol. The third-order valence-electron chi connectivity index (χ3n) is 4.14. The molecule has 0 aliphatic carbocycles. The van der Waals surface area contributed by atoms with Crippen molar-refractivity contribution in [3.63, 3.8) is 0 Å². The van der Waals surface area contributed by atoms with E-state index in [1.165, 1.54) is 5.56 Å². The number of ether oxygens (including phenoxy) is 1. The molecule has 5 heteroatoms. The maximum absolute atomic E-state index is 11.9. The van der Waals surface area contributed by atoms with Gasteiger partial charge in [0.1, 0.15) is 11.6 Å². The normalized spacial score (nSPS) is 24.5. The van der Waals surface area contributed by atoms with E-state index in [0.29, 0.717) is 13.2 Å². The van der Waals surface area contributed by atoms with E-state index in [4.69, 9.17) is 4.74 Å². The Bertz CT molecular complexity index is 568. The quantitative estimate of drug-likeness (QED) is 0.834. The Morgan fingerprint density at radius 2 is 2.10 bits per heavy atom. The summed E-state index contributed by atoms with van der Waals surface area (Å²) in [6, 6.07) is 7.76. The molecule has 20 heavy (non-hydrogen) atoms. The van der Waals surface area contributed by atoms with Gasteiger partial charge in [0, 0.05) is 0 Å². The van der Waals surface area contributed by atoms with Gasteiger partial charge in [0.2, 0.25) is 0 Å². The van der Waals surface area contributed by atoms with Crippen LogP contribution in [0.1, 0.15) is 31.1 Å². The molecule has 1 atom stereocenters. The molecule has 106 valence electrons. The van der Waals surface area contributed by atoms with Gasteiger partial charge in [0.25, 0.3) is 5.91 Å². The number of nitrogens with zero attached hydrogens (tertiary/aromatic N) is 1. The Morgan fingerprint density at radius 3 is 2.80 bits per heavy atom. The molecule has 1 aromatic carbocycles. The molecule has 1 aromatic rings.